The van der Waals surface area contributed by atoms with Crippen molar-refractivity contribution in [3.05, 3.63) is 102 Å². The average Bonchev–Trinajstić information content (AvgIpc) is 3.34. The summed E-state index contributed by atoms with van der Waals surface area (Å²) in [5.74, 6) is 0. The molecule has 1 unspecified atom stereocenters. The lowest BCUT2D eigenvalue weighted by Gasteiger charge is -2.25. The Morgan fingerprint density at radius 2 is 1.76 bits per heavy atom. The van der Waals surface area contributed by atoms with Crippen LogP contribution in [-0.2, 0) is 6.42 Å². The van der Waals surface area contributed by atoms with Crippen molar-refractivity contribution in [2.45, 2.75) is 23.8 Å². The quantitative estimate of drug-likeness (QED) is 0.284. The van der Waals surface area contributed by atoms with Crippen LogP contribution < -0.4 is 5.32 Å². The fraction of sp³-hybridized carbons (Fsp3) is 0.185. The molecule has 5 nitrogen and oxygen atoms in total. The number of benzene rings is 3. The molecule has 5 rings (SSSR count). The second-order valence-electron chi connectivity index (χ2n) is 8.08. The molecule has 1 N–H and O–H groups in total. The first-order valence-electron chi connectivity index (χ1n) is 11.3. The summed E-state index contributed by atoms with van der Waals surface area (Å²) in [7, 11) is 0. The van der Waals surface area contributed by atoms with Gasteiger partial charge in [-0.25, -0.2) is 5.01 Å². The Morgan fingerprint density at radius 3 is 2.59 bits per heavy atom. The molecule has 2 heterocycles. The molecule has 170 valence electrons. The van der Waals surface area contributed by atoms with Crippen LogP contribution in [0.2, 0.25) is 0 Å². The summed E-state index contributed by atoms with van der Waals surface area (Å²) < 4.78 is 0. The average molecular weight is 484 g/mol. The van der Waals surface area contributed by atoms with Gasteiger partial charge in [0.2, 0.25) is 0 Å². The molecule has 0 aliphatic carbocycles. The number of thiocarbonyl (C=S) groups is 1. The van der Waals surface area contributed by atoms with Gasteiger partial charge in [-0.2, -0.15) is 5.10 Å². The molecule has 0 amide bonds. The number of nitrogens with zero attached hydrogens (tertiary/aromatic N) is 4. The molecule has 1 aliphatic rings. The first-order chi connectivity index (χ1) is 16.7. The summed E-state index contributed by atoms with van der Waals surface area (Å²) in [5, 5.41) is 11.1. The van der Waals surface area contributed by atoms with Gasteiger partial charge in [0.25, 0.3) is 0 Å². The highest BCUT2D eigenvalue weighted by Gasteiger charge is 2.32. The smallest absolute Gasteiger partial charge is 0.190 e. The second kappa shape index (κ2) is 10.3. The largest absolute Gasteiger partial charge is 0.361 e. The summed E-state index contributed by atoms with van der Waals surface area (Å²) in [5.41, 5.74) is 6.37. The van der Waals surface area contributed by atoms with Crippen molar-refractivity contribution >= 4 is 45.8 Å². The van der Waals surface area contributed by atoms with E-state index in [1.807, 2.05) is 17.1 Å². The molecule has 7 heteroatoms. The molecule has 0 spiro atoms. The van der Waals surface area contributed by atoms with E-state index in [0.29, 0.717) is 5.11 Å². The van der Waals surface area contributed by atoms with Crippen LogP contribution in [0, 0.1) is 0 Å². The highest BCUT2D eigenvalue weighted by Crippen LogP contribution is 2.35. The zero-order valence-electron chi connectivity index (χ0n) is 18.9. The van der Waals surface area contributed by atoms with Gasteiger partial charge in [0, 0.05) is 35.8 Å². The molecule has 0 saturated carbocycles. The van der Waals surface area contributed by atoms with E-state index in [9.17, 15) is 0 Å². The van der Waals surface area contributed by atoms with Gasteiger partial charge in [0.15, 0.2) is 5.11 Å². The monoisotopic (exact) mass is 483 g/mol. The first-order valence-corrected chi connectivity index (χ1v) is 12.9. The van der Waals surface area contributed by atoms with Crippen molar-refractivity contribution in [3.8, 4) is 0 Å². The normalized spacial score (nSPS) is 15.4. The third-order valence-electron chi connectivity index (χ3n) is 5.95. The number of aromatic nitrogens is 2. The van der Waals surface area contributed by atoms with Crippen LogP contribution in [0.25, 0.3) is 11.0 Å². The summed E-state index contributed by atoms with van der Waals surface area (Å²) in [6, 6.07) is 25.1. The lowest BCUT2D eigenvalue weighted by molar-refractivity contribution is 0.364. The molecular formula is C27H25N5S2. The van der Waals surface area contributed by atoms with Crippen molar-refractivity contribution in [1.29, 1.82) is 0 Å². The Morgan fingerprint density at radius 1 is 1.00 bits per heavy atom. The number of nitrogens with one attached hydrogen (secondary N) is 1. The summed E-state index contributed by atoms with van der Waals surface area (Å²) in [4.78, 5) is 10.1. The highest BCUT2D eigenvalue weighted by molar-refractivity contribution is 7.98. The van der Waals surface area contributed by atoms with Gasteiger partial charge < -0.3 is 5.32 Å². The molecule has 1 aliphatic heterocycles. The van der Waals surface area contributed by atoms with Crippen molar-refractivity contribution in [2.75, 3.05) is 12.8 Å². The van der Waals surface area contributed by atoms with E-state index in [4.69, 9.17) is 17.3 Å². The molecular weight excluding hydrogens is 458 g/mol. The summed E-state index contributed by atoms with van der Waals surface area (Å²) in [6.45, 7) is 0.752. The molecule has 1 aromatic heterocycles. The molecule has 34 heavy (non-hydrogen) atoms. The predicted molar refractivity (Wildman–Crippen MR) is 144 cm³/mol. The van der Waals surface area contributed by atoms with Crippen LogP contribution in [0.3, 0.4) is 0 Å². The van der Waals surface area contributed by atoms with E-state index in [1.54, 1.807) is 24.2 Å². The molecule has 0 radical (unpaired) electrons. The SMILES string of the molecule is CSc1ccccc1C1=NN(C(=S)NCCc2ccccc2)C(c2ccc3nccnc3c2)C1. The Hall–Kier alpha value is -3.29. The van der Waals surface area contributed by atoms with Gasteiger partial charge in [-0.05, 0) is 54.2 Å². The minimum absolute atomic E-state index is 0.00644. The first kappa shape index (κ1) is 22.5. The van der Waals surface area contributed by atoms with E-state index >= 15 is 0 Å². The van der Waals surface area contributed by atoms with Crippen LogP contribution in [-0.4, -0.2) is 38.6 Å². The maximum Gasteiger partial charge on any atom is 0.190 e. The molecule has 3 aromatic carbocycles. The summed E-state index contributed by atoms with van der Waals surface area (Å²) in [6.07, 6.45) is 7.21. The van der Waals surface area contributed by atoms with Crippen molar-refractivity contribution in [3.63, 3.8) is 0 Å². The van der Waals surface area contributed by atoms with E-state index < -0.39 is 0 Å². The number of hydrogen-bond acceptors (Lipinski definition) is 5. The lowest BCUT2D eigenvalue weighted by atomic mass is 9.98. The third-order valence-corrected chi connectivity index (χ3v) is 7.07. The standard InChI is InChI=1S/C27H25N5S2/c1-34-26-10-6-5-9-21(26)23-18-25(20-11-12-22-24(17-20)29-16-15-28-22)32(31-23)27(33)30-14-13-19-7-3-2-4-8-19/h2-12,15-17,25H,13-14,18H2,1H3,(H,30,33). The Bertz CT molecular complexity index is 1340. The topological polar surface area (TPSA) is 53.4 Å². The van der Waals surface area contributed by atoms with Gasteiger partial charge in [-0.15, -0.1) is 11.8 Å². The number of hydrazone groups is 1. The lowest BCUT2D eigenvalue weighted by Crippen LogP contribution is -2.37. The third kappa shape index (κ3) is 4.81. The number of rotatable bonds is 6. The molecule has 1 atom stereocenters. The van der Waals surface area contributed by atoms with Crippen LogP contribution in [0.15, 0.2) is 95.2 Å². The second-order valence-corrected chi connectivity index (χ2v) is 9.32. The Labute approximate surface area is 209 Å². The van der Waals surface area contributed by atoms with Gasteiger partial charge in [-0.3, -0.25) is 9.97 Å². The maximum atomic E-state index is 5.84. The molecule has 0 bridgehead atoms. The van der Waals surface area contributed by atoms with Gasteiger partial charge in [0.1, 0.15) is 0 Å². The Balaban J connectivity index is 1.43. The van der Waals surface area contributed by atoms with E-state index in [0.717, 1.165) is 47.3 Å². The Kier molecular flexibility index (Phi) is 6.83. The van der Waals surface area contributed by atoms with Crippen LogP contribution in [0.1, 0.15) is 29.2 Å². The van der Waals surface area contributed by atoms with Gasteiger partial charge in [0.05, 0.1) is 22.8 Å². The van der Waals surface area contributed by atoms with Crippen molar-refractivity contribution < 1.29 is 0 Å². The predicted octanol–water partition coefficient (Wildman–Crippen LogP) is 5.62. The number of fused-ring (bicyclic) bond motifs is 1. The highest BCUT2D eigenvalue weighted by atomic mass is 32.2. The minimum Gasteiger partial charge on any atom is -0.361 e. The van der Waals surface area contributed by atoms with Crippen molar-refractivity contribution in [2.24, 2.45) is 5.10 Å². The van der Waals surface area contributed by atoms with Crippen LogP contribution >= 0.6 is 24.0 Å². The maximum absolute atomic E-state index is 5.84. The number of hydrogen-bond donors (Lipinski definition) is 1. The minimum atomic E-state index is -0.00644. The molecule has 0 saturated heterocycles. The zero-order chi connectivity index (χ0) is 23.3. The van der Waals surface area contributed by atoms with E-state index in [-0.39, 0.29) is 6.04 Å². The van der Waals surface area contributed by atoms with Crippen LogP contribution in [0.4, 0.5) is 0 Å². The van der Waals surface area contributed by atoms with Gasteiger partial charge >= 0.3 is 0 Å². The van der Waals surface area contributed by atoms with Crippen LogP contribution in [0.5, 0.6) is 0 Å². The fourth-order valence-electron chi connectivity index (χ4n) is 4.23. The van der Waals surface area contributed by atoms with E-state index in [1.165, 1.54) is 10.5 Å². The summed E-state index contributed by atoms with van der Waals surface area (Å²) >= 11 is 7.58. The fourth-order valence-corrected chi connectivity index (χ4v) is 5.12. The number of thioether (sulfide) groups is 1. The molecule has 0 fully saturated rings. The molecule has 4 aromatic rings. The van der Waals surface area contributed by atoms with Gasteiger partial charge in [-0.1, -0.05) is 54.6 Å². The zero-order valence-corrected chi connectivity index (χ0v) is 20.5. The van der Waals surface area contributed by atoms with E-state index in [2.05, 4.69) is 82.2 Å². The van der Waals surface area contributed by atoms with Crippen molar-refractivity contribution in [1.82, 2.24) is 20.3 Å².